The highest BCUT2D eigenvalue weighted by Gasteiger charge is 2.15. The van der Waals surface area contributed by atoms with Gasteiger partial charge in [0.15, 0.2) is 11.5 Å². The molecule has 0 radical (unpaired) electrons. The van der Waals surface area contributed by atoms with Crippen molar-refractivity contribution in [2.75, 3.05) is 0 Å². The van der Waals surface area contributed by atoms with Crippen molar-refractivity contribution in [2.24, 2.45) is 0 Å². The molecule has 0 unspecified atom stereocenters. The van der Waals surface area contributed by atoms with Gasteiger partial charge < -0.3 is 0 Å². The number of hydrogen-bond acceptors (Lipinski definition) is 2. The average Bonchev–Trinajstić information content (AvgIpc) is 3.24. The van der Waals surface area contributed by atoms with E-state index in [9.17, 15) is 0 Å². The van der Waals surface area contributed by atoms with Gasteiger partial charge in [-0.25, -0.2) is 0 Å². The molecular formula is C26H19N3. The number of pyridine rings is 1. The maximum Gasteiger partial charge on any atom is 0.169 e. The van der Waals surface area contributed by atoms with E-state index in [1.807, 2.05) is 0 Å². The van der Waals surface area contributed by atoms with Crippen molar-refractivity contribution in [3.05, 3.63) is 90.5 Å². The molecule has 0 aliphatic rings. The van der Waals surface area contributed by atoms with Crippen LogP contribution in [0.5, 0.6) is 0 Å². The molecule has 4 aromatic carbocycles. The zero-order valence-corrected chi connectivity index (χ0v) is 16.1. The van der Waals surface area contributed by atoms with E-state index < -0.39 is 0 Å². The molecule has 29 heavy (non-hydrogen) atoms. The number of fused-ring (bicyclic) bond motifs is 7. The minimum Gasteiger partial charge on any atom is -0.274 e. The summed E-state index contributed by atoms with van der Waals surface area (Å²) < 4.78 is 2.20. The summed E-state index contributed by atoms with van der Waals surface area (Å²) in [5, 5.41) is 15.3. The number of aryl methyl sites for hydroxylation is 1. The summed E-state index contributed by atoms with van der Waals surface area (Å²) in [7, 11) is 0. The number of hydrogen-bond donors (Lipinski definition) is 0. The third kappa shape index (κ3) is 2.37. The molecule has 138 valence electrons. The largest absolute Gasteiger partial charge is 0.274 e. The van der Waals surface area contributed by atoms with Crippen LogP contribution in [0.4, 0.5) is 0 Å². The van der Waals surface area contributed by atoms with Crippen LogP contribution in [-0.2, 0) is 6.42 Å². The molecule has 6 rings (SSSR count). The fourth-order valence-corrected chi connectivity index (χ4v) is 4.34. The Balaban J connectivity index is 1.72. The van der Waals surface area contributed by atoms with Crippen LogP contribution in [0.1, 0.15) is 12.5 Å². The molecule has 3 heteroatoms. The van der Waals surface area contributed by atoms with Crippen molar-refractivity contribution in [3.8, 4) is 11.4 Å². The molecule has 0 fully saturated rings. The van der Waals surface area contributed by atoms with Crippen LogP contribution in [0, 0.1) is 0 Å². The zero-order valence-electron chi connectivity index (χ0n) is 16.1. The first-order valence-corrected chi connectivity index (χ1v) is 10.0. The lowest BCUT2D eigenvalue weighted by atomic mass is 10.0. The molecule has 0 bridgehead atoms. The fourth-order valence-electron chi connectivity index (χ4n) is 4.34. The van der Waals surface area contributed by atoms with E-state index in [0.717, 1.165) is 34.4 Å². The van der Waals surface area contributed by atoms with E-state index in [2.05, 4.69) is 106 Å². The van der Waals surface area contributed by atoms with E-state index >= 15 is 0 Å². The highest BCUT2D eigenvalue weighted by atomic mass is 15.2. The van der Waals surface area contributed by atoms with E-state index in [1.54, 1.807) is 0 Å². The van der Waals surface area contributed by atoms with E-state index in [4.69, 9.17) is 0 Å². The molecular weight excluding hydrogens is 354 g/mol. The molecule has 0 atom stereocenters. The van der Waals surface area contributed by atoms with Crippen molar-refractivity contribution >= 4 is 38.1 Å². The SMILES string of the molecule is CCc1ccc2ccc(-c3nnc4c5ccccc5c5ccccc5n34)cc2c1. The molecule has 3 nitrogen and oxygen atoms in total. The molecule has 0 aliphatic carbocycles. The number of nitrogens with zero attached hydrogens (tertiary/aromatic N) is 3. The van der Waals surface area contributed by atoms with Crippen LogP contribution in [0.25, 0.3) is 49.5 Å². The Morgan fingerprint density at radius 2 is 1.45 bits per heavy atom. The third-order valence-corrected chi connectivity index (χ3v) is 5.84. The Labute approximate surface area is 168 Å². The summed E-state index contributed by atoms with van der Waals surface area (Å²) in [6.45, 7) is 2.19. The molecule has 0 N–H and O–H groups in total. The lowest BCUT2D eigenvalue weighted by Crippen LogP contribution is -1.94. The first kappa shape index (κ1) is 16.3. The average molecular weight is 373 g/mol. The van der Waals surface area contributed by atoms with Gasteiger partial charge in [-0.05, 0) is 40.3 Å². The molecule has 2 aromatic heterocycles. The van der Waals surface area contributed by atoms with Crippen LogP contribution in [0.15, 0.2) is 84.9 Å². The summed E-state index contributed by atoms with van der Waals surface area (Å²) >= 11 is 0. The van der Waals surface area contributed by atoms with Gasteiger partial charge in [0, 0.05) is 16.3 Å². The van der Waals surface area contributed by atoms with Crippen molar-refractivity contribution in [3.63, 3.8) is 0 Å². The summed E-state index contributed by atoms with van der Waals surface area (Å²) in [5.41, 5.74) is 4.45. The van der Waals surface area contributed by atoms with E-state index in [0.29, 0.717) is 0 Å². The smallest absolute Gasteiger partial charge is 0.169 e. The van der Waals surface area contributed by atoms with Crippen molar-refractivity contribution in [1.82, 2.24) is 14.6 Å². The Morgan fingerprint density at radius 1 is 0.690 bits per heavy atom. The van der Waals surface area contributed by atoms with Crippen LogP contribution >= 0.6 is 0 Å². The second kappa shape index (κ2) is 6.14. The Morgan fingerprint density at radius 3 is 2.31 bits per heavy atom. The second-order valence-corrected chi connectivity index (χ2v) is 7.50. The first-order valence-electron chi connectivity index (χ1n) is 10.0. The number of aromatic nitrogens is 3. The highest BCUT2D eigenvalue weighted by Crippen LogP contribution is 2.32. The predicted molar refractivity (Wildman–Crippen MR) is 120 cm³/mol. The zero-order chi connectivity index (χ0) is 19.4. The minimum absolute atomic E-state index is 0.880. The van der Waals surface area contributed by atoms with Gasteiger partial charge in [-0.3, -0.25) is 4.40 Å². The first-order chi connectivity index (χ1) is 14.3. The quantitative estimate of drug-likeness (QED) is 0.328. The van der Waals surface area contributed by atoms with Gasteiger partial charge in [0.05, 0.1) is 5.52 Å². The van der Waals surface area contributed by atoms with Gasteiger partial charge in [-0.2, -0.15) is 0 Å². The monoisotopic (exact) mass is 373 g/mol. The van der Waals surface area contributed by atoms with Gasteiger partial charge in [0.1, 0.15) is 0 Å². The Bertz CT molecular complexity index is 1540. The molecule has 6 aromatic rings. The maximum absolute atomic E-state index is 4.63. The van der Waals surface area contributed by atoms with Crippen LogP contribution in [0.3, 0.4) is 0 Å². The van der Waals surface area contributed by atoms with Gasteiger partial charge >= 0.3 is 0 Å². The van der Waals surface area contributed by atoms with E-state index in [-0.39, 0.29) is 0 Å². The molecule has 2 heterocycles. The van der Waals surface area contributed by atoms with Crippen LogP contribution in [0.2, 0.25) is 0 Å². The van der Waals surface area contributed by atoms with Crippen molar-refractivity contribution in [2.45, 2.75) is 13.3 Å². The second-order valence-electron chi connectivity index (χ2n) is 7.50. The molecule has 0 amide bonds. The standard InChI is InChI=1S/C26H19N3/c1-2-17-11-12-18-13-14-19(16-20(18)15-17)25-27-28-26-23-9-4-3-7-21(23)22-8-5-6-10-24(22)29(25)26/h3-16H,2H2,1H3. The van der Waals surface area contributed by atoms with Crippen LogP contribution in [-0.4, -0.2) is 14.6 Å². The normalized spacial score (nSPS) is 11.8. The molecule has 0 aliphatic heterocycles. The van der Waals surface area contributed by atoms with Gasteiger partial charge in [0.25, 0.3) is 0 Å². The number of benzene rings is 4. The van der Waals surface area contributed by atoms with Crippen LogP contribution < -0.4 is 0 Å². The highest BCUT2D eigenvalue weighted by molar-refractivity contribution is 6.12. The maximum atomic E-state index is 4.63. The molecule has 0 saturated carbocycles. The summed E-state index contributed by atoms with van der Waals surface area (Å²) in [4.78, 5) is 0. The topological polar surface area (TPSA) is 30.2 Å². The number of rotatable bonds is 2. The summed E-state index contributed by atoms with van der Waals surface area (Å²) in [6, 6.07) is 30.2. The van der Waals surface area contributed by atoms with Crippen molar-refractivity contribution < 1.29 is 0 Å². The minimum atomic E-state index is 0.880. The van der Waals surface area contributed by atoms with Crippen molar-refractivity contribution in [1.29, 1.82) is 0 Å². The van der Waals surface area contributed by atoms with Gasteiger partial charge in [0.2, 0.25) is 0 Å². The fraction of sp³-hybridized carbons (Fsp3) is 0.0769. The number of para-hydroxylation sites is 1. The lowest BCUT2D eigenvalue weighted by molar-refractivity contribution is 1.12. The Hall–Kier alpha value is -3.72. The third-order valence-electron chi connectivity index (χ3n) is 5.84. The van der Waals surface area contributed by atoms with Gasteiger partial charge in [-0.1, -0.05) is 79.7 Å². The lowest BCUT2D eigenvalue weighted by Gasteiger charge is -2.10. The summed E-state index contributed by atoms with van der Waals surface area (Å²) in [6.07, 6.45) is 1.03. The molecule has 0 saturated heterocycles. The molecule has 0 spiro atoms. The van der Waals surface area contributed by atoms with Gasteiger partial charge in [-0.15, -0.1) is 10.2 Å². The Kier molecular flexibility index (Phi) is 3.44. The summed E-state index contributed by atoms with van der Waals surface area (Å²) in [5.74, 6) is 0.880. The predicted octanol–water partition coefficient (Wildman–Crippen LogP) is 6.42. The van der Waals surface area contributed by atoms with E-state index in [1.165, 1.54) is 27.1 Å².